The predicted octanol–water partition coefficient (Wildman–Crippen LogP) is 2.90. The molecule has 7 heteroatoms. The predicted molar refractivity (Wildman–Crippen MR) is 71.5 cm³/mol. The quantitative estimate of drug-likeness (QED) is 0.940. The Kier molecular flexibility index (Phi) is 4.06. The van der Waals surface area contributed by atoms with Crippen LogP contribution in [0.1, 0.15) is 18.5 Å². The highest BCUT2D eigenvalue weighted by molar-refractivity contribution is 7.13. The van der Waals surface area contributed by atoms with Gasteiger partial charge in [-0.25, -0.2) is 9.18 Å². The standard InChI is InChI=1S/C12H13FN4OS/c1-8(9-5-3-4-6-10(9)13)17(2)12(18)15-11-16-14-7-19-11/h3-8H,1-2H3,(H,15,16,18)/t8-/m1/s1. The Labute approximate surface area is 114 Å². The molecule has 19 heavy (non-hydrogen) atoms. The van der Waals surface area contributed by atoms with Crippen molar-refractivity contribution >= 4 is 22.5 Å². The van der Waals surface area contributed by atoms with E-state index in [0.29, 0.717) is 10.7 Å². The molecule has 2 rings (SSSR count). The van der Waals surface area contributed by atoms with Crippen molar-refractivity contribution in [1.29, 1.82) is 0 Å². The fourth-order valence-electron chi connectivity index (χ4n) is 1.61. The van der Waals surface area contributed by atoms with Crippen LogP contribution in [0.25, 0.3) is 0 Å². The first-order valence-corrected chi connectivity index (χ1v) is 6.52. The van der Waals surface area contributed by atoms with Gasteiger partial charge in [0, 0.05) is 12.6 Å². The third kappa shape index (κ3) is 3.05. The zero-order valence-corrected chi connectivity index (χ0v) is 11.3. The third-order valence-electron chi connectivity index (χ3n) is 2.83. The maximum absolute atomic E-state index is 13.7. The highest BCUT2D eigenvalue weighted by Crippen LogP contribution is 2.22. The molecule has 0 fully saturated rings. The molecular formula is C12H13FN4OS. The van der Waals surface area contributed by atoms with E-state index in [0.717, 1.165) is 0 Å². The first kappa shape index (κ1) is 13.4. The summed E-state index contributed by atoms with van der Waals surface area (Å²) in [6, 6.07) is 5.66. The average molecular weight is 280 g/mol. The van der Waals surface area contributed by atoms with Gasteiger partial charge in [-0.3, -0.25) is 5.32 Å². The molecule has 2 amide bonds. The minimum atomic E-state index is -0.380. The Morgan fingerprint density at radius 1 is 1.47 bits per heavy atom. The molecule has 0 aliphatic rings. The van der Waals surface area contributed by atoms with Crippen molar-refractivity contribution in [3.8, 4) is 0 Å². The molecule has 5 nitrogen and oxygen atoms in total. The van der Waals surface area contributed by atoms with Gasteiger partial charge in [-0.2, -0.15) is 0 Å². The van der Waals surface area contributed by atoms with Crippen LogP contribution < -0.4 is 5.32 Å². The normalized spacial score (nSPS) is 11.9. The van der Waals surface area contributed by atoms with Crippen LogP contribution in [0, 0.1) is 5.82 Å². The van der Waals surface area contributed by atoms with Crippen LogP contribution >= 0.6 is 11.3 Å². The van der Waals surface area contributed by atoms with Crippen molar-refractivity contribution in [3.05, 3.63) is 41.2 Å². The van der Waals surface area contributed by atoms with Gasteiger partial charge in [0.05, 0.1) is 6.04 Å². The molecule has 2 aromatic rings. The second-order valence-corrected chi connectivity index (χ2v) is 4.82. The van der Waals surface area contributed by atoms with Gasteiger partial charge in [0.25, 0.3) is 0 Å². The number of halogens is 1. The van der Waals surface area contributed by atoms with Gasteiger partial charge in [0.2, 0.25) is 5.13 Å². The Balaban J connectivity index is 2.09. The Morgan fingerprint density at radius 2 is 2.21 bits per heavy atom. The smallest absolute Gasteiger partial charge is 0.321 e. The number of aromatic nitrogens is 2. The van der Waals surface area contributed by atoms with E-state index in [1.165, 1.54) is 27.8 Å². The number of carbonyl (C=O) groups is 1. The van der Waals surface area contributed by atoms with E-state index in [1.54, 1.807) is 32.2 Å². The highest BCUT2D eigenvalue weighted by Gasteiger charge is 2.20. The van der Waals surface area contributed by atoms with Gasteiger partial charge in [-0.05, 0) is 13.0 Å². The Hall–Kier alpha value is -2.02. The molecule has 1 aromatic heterocycles. The van der Waals surface area contributed by atoms with Gasteiger partial charge in [0.15, 0.2) is 0 Å². The van der Waals surface area contributed by atoms with Gasteiger partial charge >= 0.3 is 6.03 Å². The second kappa shape index (κ2) is 5.75. The third-order valence-corrected chi connectivity index (χ3v) is 3.44. The molecular weight excluding hydrogens is 267 g/mol. The summed E-state index contributed by atoms with van der Waals surface area (Å²) in [6.07, 6.45) is 0. The highest BCUT2D eigenvalue weighted by atomic mass is 32.1. The van der Waals surface area contributed by atoms with E-state index < -0.39 is 0 Å². The van der Waals surface area contributed by atoms with Crippen molar-refractivity contribution in [2.24, 2.45) is 0 Å². The summed E-state index contributed by atoms with van der Waals surface area (Å²) in [5, 5.41) is 10.4. The fraction of sp³-hybridized carbons (Fsp3) is 0.250. The van der Waals surface area contributed by atoms with Gasteiger partial charge in [0.1, 0.15) is 11.3 Å². The van der Waals surface area contributed by atoms with Crippen LogP contribution in [-0.4, -0.2) is 28.2 Å². The summed E-state index contributed by atoms with van der Waals surface area (Å²) in [4.78, 5) is 13.4. The molecule has 1 aromatic carbocycles. The average Bonchev–Trinajstić information content (AvgIpc) is 2.90. The Morgan fingerprint density at radius 3 is 2.84 bits per heavy atom. The number of nitrogens with zero attached hydrogens (tertiary/aromatic N) is 3. The number of urea groups is 1. The molecule has 0 unspecified atom stereocenters. The minimum Gasteiger partial charge on any atom is -0.321 e. The van der Waals surface area contributed by atoms with E-state index in [9.17, 15) is 9.18 Å². The van der Waals surface area contributed by atoms with Crippen molar-refractivity contribution in [1.82, 2.24) is 15.1 Å². The number of benzene rings is 1. The van der Waals surface area contributed by atoms with Gasteiger partial charge in [-0.15, -0.1) is 10.2 Å². The lowest BCUT2D eigenvalue weighted by molar-refractivity contribution is 0.207. The zero-order valence-electron chi connectivity index (χ0n) is 10.5. The van der Waals surface area contributed by atoms with Gasteiger partial charge < -0.3 is 4.90 Å². The first-order valence-electron chi connectivity index (χ1n) is 5.64. The lowest BCUT2D eigenvalue weighted by Crippen LogP contribution is -2.34. The largest absolute Gasteiger partial charge is 0.323 e. The maximum Gasteiger partial charge on any atom is 0.323 e. The first-order chi connectivity index (χ1) is 9.09. The van der Waals surface area contributed by atoms with E-state index >= 15 is 0 Å². The molecule has 1 heterocycles. The topological polar surface area (TPSA) is 58.1 Å². The zero-order chi connectivity index (χ0) is 13.8. The summed E-state index contributed by atoms with van der Waals surface area (Å²) in [5.41, 5.74) is 1.99. The molecule has 1 N–H and O–H groups in total. The van der Waals surface area contributed by atoms with Crippen LogP contribution in [0.4, 0.5) is 14.3 Å². The second-order valence-electron chi connectivity index (χ2n) is 3.98. The van der Waals surface area contributed by atoms with E-state index in [4.69, 9.17) is 0 Å². The van der Waals surface area contributed by atoms with Crippen LogP contribution in [0.2, 0.25) is 0 Å². The summed E-state index contributed by atoms with van der Waals surface area (Å²) < 4.78 is 13.7. The maximum atomic E-state index is 13.7. The van der Waals surface area contributed by atoms with Crippen molar-refractivity contribution in [2.45, 2.75) is 13.0 Å². The molecule has 0 saturated heterocycles. The van der Waals surface area contributed by atoms with Crippen molar-refractivity contribution in [3.63, 3.8) is 0 Å². The summed E-state index contributed by atoms with van der Waals surface area (Å²) >= 11 is 1.22. The van der Waals surface area contributed by atoms with E-state index in [2.05, 4.69) is 15.5 Å². The van der Waals surface area contributed by atoms with Crippen LogP contribution in [0.3, 0.4) is 0 Å². The monoisotopic (exact) mass is 280 g/mol. The lowest BCUT2D eigenvalue weighted by atomic mass is 10.1. The van der Waals surface area contributed by atoms with Crippen LogP contribution in [0.15, 0.2) is 29.8 Å². The molecule has 0 radical (unpaired) electrons. The van der Waals surface area contributed by atoms with Crippen molar-refractivity contribution in [2.75, 3.05) is 12.4 Å². The number of hydrogen-bond donors (Lipinski definition) is 1. The molecule has 1 atom stereocenters. The summed E-state index contributed by atoms with van der Waals surface area (Å²) in [5.74, 6) is -0.328. The molecule has 0 aliphatic heterocycles. The Bertz CT molecular complexity index is 561. The van der Waals surface area contributed by atoms with E-state index in [-0.39, 0.29) is 17.9 Å². The summed E-state index contributed by atoms with van der Waals surface area (Å²) in [6.45, 7) is 1.76. The minimum absolute atomic E-state index is 0.328. The molecule has 0 spiro atoms. The number of nitrogens with one attached hydrogen (secondary N) is 1. The SMILES string of the molecule is C[C@H](c1ccccc1F)N(C)C(=O)Nc1nncs1. The summed E-state index contributed by atoms with van der Waals surface area (Å²) in [7, 11) is 1.60. The van der Waals surface area contributed by atoms with Crippen LogP contribution in [0.5, 0.6) is 0 Å². The molecule has 0 saturated carbocycles. The fourth-order valence-corrected chi connectivity index (χ4v) is 2.04. The number of carbonyl (C=O) groups excluding carboxylic acids is 1. The van der Waals surface area contributed by atoms with Crippen molar-refractivity contribution < 1.29 is 9.18 Å². The van der Waals surface area contributed by atoms with E-state index in [1.807, 2.05) is 0 Å². The van der Waals surface area contributed by atoms with Crippen LogP contribution in [-0.2, 0) is 0 Å². The lowest BCUT2D eigenvalue weighted by Gasteiger charge is -2.25. The van der Waals surface area contributed by atoms with Gasteiger partial charge in [-0.1, -0.05) is 29.5 Å². The number of anilines is 1. The number of hydrogen-bond acceptors (Lipinski definition) is 4. The molecule has 100 valence electrons. The molecule has 0 bridgehead atoms. The number of amides is 2. The molecule has 0 aliphatic carbocycles. The number of rotatable bonds is 3.